The molecule has 1 aliphatic rings. The van der Waals surface area contributed by atoms with Crippen LogP contribution in [0.5, 0.6) is 5.75 Å². The first-order chi connectivity index (χ1) is 34.2. The van der Waals surface area contributed by atoms with Gasteiger partial charge in [0.25, 0.3) is 0 Å². The van der Waals surface area contributed by atoms with Crippen LogP contribution in [0, 0.1) is 0 Å². The molecule has 1 N–H and O–H groups in total. The van der Waals surface area contributed by atoms with Crippen LogP contribution in [0.1, 0.15) is 22.3 Å². The van der Waals surface area contributed by atoms with Gasteiger partial charge in [0.05, 0.1) is 22.5 Å². The van der Waals surface area contributed by atoms with E-state index in [4.69, 9.17) is 0 Å². The summed E-state index contributed by atoms with van der Waals surface area (Å²) in [6.07, 6.45) is 0. The molecule has 0 saturated carbocycles. The Balaban J connectivity index is 1.11. The molecule has 0 amide bonds. The standard InChI is InChI=1S/C67H47NO/c69-65-41-19-14-32-56(65)51-25-20-24-50(46-51)55-31-12-17-39-63(55)68(62-38-16-11-30-54(62)49-44-42-48(43-45-49)47-22-4-1-5-23-47)64-40-18-13-33-57(64)58-35-21-37-61-66(58)59-34-10-15-36-60(59)67(61,52-26-6-2-7-27-52)53-28-8-3-9-29-53/h1-46,69H. The number of rotatable bonds is 10. The molecule has 0 aliphatic heterocycles. The summed E-state index contributed by atoms with van der Waals surface area (Å²) in [6.45, 7) is 0. The van der Waals surface area contributed by atoms with Crippen molar-refractivity contribution in [3.05, 3.63) is 301 Å². The molecule has 0 heterocycles. The van der Waals surface area contributed by atoms with E-state index in [1.165, 1.54) is 44.5 Å². The number of para-hydroxylation sites is 4. The Bertz CT molecular complexity index is 3580. The summed E-state index contributed by atoms with van der Waals surface area (Å²) < 4.78 is 0. The van der Waals surface area contributed by atoms with Crippen LogP contribution in [-0.2, 0) is 5.41 Å². The van der Waals surface area contributed by atoms with Crippen molar-refractivity contribution in [3.63, 3.8) is 0 Å². The summed E-state index contributed by atoms with van der Waals surface area (Å²) in [5.74, 6) is 0.256. The monoisotopic (exact) mass is 881 g/mol. The second-order valence-corrected chi connectivity index (χ2v) is 17.7. The minimum atomic E-state index is -0.539. The van der Waals surface area contributed by atoms with Crippen molar-refractivity contribution in [2.24, 2.45) is 0 Å². The Kier molecular flexibility index (Phi) is 10.6. The minimum absolute atomic E-state index is 0.256. The average molecular weight is 882 g/mol. The summed E-state index contributed by atoms with van der Waals surface area (Å²) in [5, 5.41) is 11.0. The van der Waals surface area contributed by atoms with Crippen molar-refractivity contribution < 1.29 is 5.11 Å². The van der Waals surface area contributed by atoms with Crippen molar-refractivity contribution in [1.29, 1.82) is 0 Å². The van der Waals surface area contributed by atoms with Crippen LogP contribution in [0.2, 0.25) is 0 Å². The van der Waals surface area contributed by atoms with Gasteiger partial charge in [0.1, 0.15) is 5.75 Å². The van der Waals surface area contributed by atoms with Gasteiger partial charge >= 0.3 is 0 Å². The largest absolute Gasteiger partial charge is 0.507 e. The van der Waals surface area contributed by atoms with Gasteiger partial charge in [0.15, 0.2) is 0 Å². The number of aromatic hydroxyl groups is 1. The van der Waals surface area contributed by atoms with Gasteiger partial charge in [0, 0.05) is 22.3 Å². The van der Waals surface area contributed by atoms with Gasteiger partial charge in [-0.05, 0) is 97.1 Å². The zero-order valence-corrected chi connectivity index (χ0v) is 38.0. The van der Waals surface area contributed by atoms with Gasteiger partial charge in [-0.15, -0.1) is 0 Å². The first kappa shape index (κ1) is 41.5. The molecule has 11 aromatic carbocycles. The van der Waals surface area contributed by atoms with E-state index >= 15 is 0 Å². The van der Waals surface area contributed by atoms with Crippen LogP contribution in [-0.4, -0.2) is 5.11 Å². The Hall–Kier alpha value is -8.98. The average Bonchev–Trinajstić information content (AvgIpc) is 3.74. The highest BCUT2D eigenvalue weighted by atomic mass is 16.3. The number of hydrogen-bond acceptors (Lipinski definition) is 2. The second kappa shape index (κ2) is 17.7. The number of fused-ring (bicyclic) bond motifs is 3. The lowest BCUT2D eigenvalue weighted by atomic mass is 9.67. The molecule has 326 valence electrons. The molecule has 0 fully saturated rings. The number of phenols is 1. The summed E-state index contributed by atoms with van der Waals surface area (Å²) in [6, 6.07) is 100. The van der Waals surface area contributed by atoms with Crippen LogP contribution < -0.4 is 4.90 Å². The molecule has 11 aromatic rings. The molecule has 12 rings (SSSR count). The highest BCUT2D eigenvalue weighted by Crippen LogP contribution is 2.59. The lowest BCUT2D eigenvalue weighted by Gasteiger charge is -2.34. The molecule has 1 aliphatic carbocycles. The van der Waals surface area contributed by atoms with Crippen LogP contribution in [0.3, 0.4) is 0 Å². The molecule has 0 bridgehead atoms. The van der Waals surface area contributed by atoms with Crippen LogP contribution in [0.4, 0.5) is 17.1 Å². The van der Waals surface area contributed by atoms with Gasteiger partial charge in [0.2, 0.25) is 0 Å². The number of hydrogen-bond donors (Lipinski definition) is 1. The molecule has 0 atom stereocenters. The number of benzene rings is 11. The molecule has 0 radical (unpaired) electrons. The van der Waals surface area contributed by atoms with E-state index in [0.717, 1.165) is 61.6 Å². The molecule has 0 unspecified atom stereocenters. The van der Waals surface area contributed by atoms with E-state index in [9.17, 15) is 5.11 Å². The molecule has 0 aromatic heterocycles. The van der Waals surface area contributed by atoms with Gasteiger partial charge in [-0.2, -0.15) is 0 Å². The van der Waals surface area contributed by atoms with Crippen LogP contribution in [0.15, 0.2) is 279 Å². The predicted molar refractivity (Wildman–Crippen MR) is 287 cm³/mol. The Morgan fingerprint density at radius 2 is 0.652 bits per heavy atom. The van der Waals surface area contributed by atoms with Gasteiger partial charge < -0.3 is 10.0 Å². The number of nitrogens with zero attached hydrogens (tertiary/aromatic N) is 1. The lowest BCUT2D eigenvalue weighted by molar-refractivity contribution is 0.477. The Labute approximate surface area is 404 Å². The molecule has 0 spiro atoms. The van der Waals surface area contributed by atoms with E-state index in [1.807, 2.05) is 18.2 Å². The van der Waals surface area contributed by atoms with Crippen molar-refractivity contribution >= 4 is 17.1 Å². The third-order valence-corrected chi connectivity index (χ3v) is 13.9. The normalized spacial score (nSPS) is 12.2. The van der Waals surface area contributed by atoms with Crippen molar-refractivity contribution in [3.8, 4) is 72.5 Å². The summed E-state index contributed by atoms with van der Waals surface area (Å²) in [4.78, 5) is 2.47. The van der Waals surface area contributed by atoms with Crippen molar-refractivity contribution in [2.75, 3.05) is 4.90 Å². The molecular formula is C67H47NO. The zero-order chi connectivity index (χ0) is 46.2. The third kappa shape index (κ3) is 7.13. The smallest absolute Gasteiger partial charge is 0.123 e. The van der Waals surface area contributed by atoms with Crippen molar-refractivity contribution in [2.45, 2.75) is 5.41 Å². The summed E-state index contributed by atoms with van der Waals surface area (Å²) in [7, 11) is 0. The Morgan fingerprint density at radius 1 is 0.261 bits per heavy atom. The first-order valence-electron chi connectivity index (χ1n) is 23.6. The van der Waals surface area contributed by atoms with Gasteiger partial charge in [-0.1, -0.05) is 249 Å². The van der Waals surface area contributed by atoms with Crippen LogP contribution in [0.25, 0.3) is 66.8 Å². The molecule has 0 saturated heterocycles. The SMILES string of the molecule is Oc1ccccc1-c1cccc(-c2ccccc2N(c2ccccc2-c2ccc(-c3ccccc3)cc2)c2ccccc2-c2cccc3c2-c2ccccc2C3(c2ccccc2)c2ccccc2)c1. The number of anilines is 3. The highest BCUT2D eigenvalue weighted by molar-refractivity contribution is 6.02. The van der Waals surface area contributed by atoms with E-state index in [-0.39, 0.29) is 5.75 Å². The molecule has 69 heavy (non-hydrogen) atoms. The molecule has 2 nitrogen and oxygen atoms in total. The van der Waals surface area contributed by atoms with E-state index in [0.29, 0.717) is 0 Å². The van der Waals surface area contributed by atoms with E-state index < -0.39 is 5.41 Å². The molecule has 2 heteroatoms. The van der Waals surface area contributed by atoms with Gasteiger partial charge in [-0.3, -0.25) is 0 Å². The Morgan fingerprint density at radius 3 is 1.28 bits per heavy atom. The maximum absolute atomic E-state index is 11.0. The second-order valence-electron chi connectivity index (χ2n) is 17.7. The topological polar surface area (TPSA) is 23.5 Å². The first-order valence-corrected chi connectivity index (χ1v) is 23.6. The minimum Gasteiger partial charge on any atom is -0.507 e. The van der Waals surface area contributed by atoms with E-state index in [1.54, 1.807) is 6.07 Å². The maximum Gasteiger partial charge on any atom is 0.123 e. The fourth-order valence-electron chi connectivity index (χ4n) is 10.9. The quantitative estimate of drug-likeness (QED) is 0.148. The fraction of sp³-hybridized carbons (Fsp3) is 0.0149. The summed E-state index contributed by atoms with van der Waals surface area (Å²) in [5.41, 5.74) is 20.8. The zero-order valence-electron chi connectivity index (χ0n) is 38.0. The lowest BCUT2D eigenvalue weighted by Crippen LogP contribution is -2.28. The fourth-order valence-corrected chi connectivity index (χ4v) is 10.9. The molecular weight excluding hydrogens is 835 g/mol. The highest BCUT2D eigenvalue weighted by Gasteiger charge is 2.47. The maximum atomic E-state index is 11.0. The number of phenolic OH excluding ortho intramolecular Hbond substituents is 1. The summed E-state index contributed by atoms with van der Waals surface area (Å²) >= 11 is 0. The third-order valence-electron chi connectivity index (χ3n) is 13.9. The van der Waals surface area contributed by atoms with Crippen molar-refractivity contribution in [1.82, 2.24) is 0 Å². The van der Waals surface area contributed by atoms with Gasteiger partial charge in [-0.25, -0.2) is 0 Å². The van der Waals surface area contributed by atoms with E-state index in [2.05, 4.69) is 260 Å². The van der Waals surface area contributed by atoms with Crippen LogP contribution >= 0.6 is 0 Å². The predicted octanol–water partition coefficient (Wildman–Crippen LogP) is 17.6.